The van der Waals surface area contributed by atoms with Gasteiger partial charge in [-0.3, -0.25) is 4.79 Å². The van der Waals surface area contributed by atoms with Crippen molar-refractivity contribution in [3.63, 3.8) is 0 Å². The number of allylic oxidation sites excluding steroid dienone is 1. The summed E-state index contributed by atoms with van der Waals surface area (Å²) in [4.78, 5) is 28.3. The summed E-state index contributed by atoms with van der Waals surface area (Å²) < 4.78 is 5.41. The number of likely N-dealkylation sites (tertiary alicyclic amines) is 1. The number of nitrogens with zero attached hydrogens (tertiary/aromatic N) is 2. The molecule has 5 heteroatoms. The summed E-state index contributed by atoms with van der Waals surface area (Å²) in [5.41, 5.74) is 1.93. The van der Waals surface area contributed by atoms with Crippen molar-refractivity contribution in [2.75, 3.05) is 26.7 Å². The molecule has 1 saturated heterocycles. The molecule has 1 aromatic carbocycles. The molecule has 160 valence electrons. The maximum atomic E-state index is 12.6. The summed E-state index contributed by atoms with van der Waals surface area (Å²) in [5, 5.41) is 0. The minimum Gasteiger partial charge on any atom is -0.444 e. The molecule has 29 heavy (non-hydrogen) atoms. The number of amides is 2. The zero-order valence-electron chi connectivity index (χ0n) is 18.6. The molecule has 0 spiro atoms. The van der Waals surface area contributed by atoms with E-state index in [1.807, 2.05) is 50.8 Å². The van der Waals surface area contributed by atoms with Crippen LogP contribution in [0.2, 0.25) is 0 Å². The van der Waals surface area contributed by atoms with Crippen molar-refractivity contribution in [3.05, 3.63) is 47.5 Å². The summed E-state index contributed by atoms with van der Waals surface area (Å²) >= 11 is 0. The number of benzene rings is 1. The normalized spacial score (nSPS) is 15.9. The smallest absolute Gasteiger partial charge is 0.410 e. The Hall–Kier alpha value is -2.30. The Balaban J connectivity index is 1.75. The van der Waals surface area contributed by atoms with Gasteiger partial charge in [0.05, 0.1) is 0 Å². The van der Waals surface area contributed by atoms with Gasteiger partial charge in [0.1, 0.15) is 5.60 Å². The van der Waals surface area contributed by atoms with Gasteiger partial charge in [0.15, 0.2) is 0 Å². The van der Waals surface area contributed by atoms with Crippen LogP contribution in [0.1, 0.15) is 52.5 Å². The second kappa shape index (κ2) is 10.5. The van der Waals surface area contributed by atoms with Crippen LogP contribution >= 0.6 is 0 Å². The van der Waals surface area contributed by atoms with Crippen LogP contribution in [0.25, 0.3) is 0 Å². The van der Waals surface area contributed by atoms with Gasteiger partial charge in [0.25, 0.3) is 0 Å². The molecule has 0 N–H and O–H groups in total. The van der Waals surface area contributed by atoms with Crippen molar-refractivity contribution in [1.82, 2.24) is 9.80 Å². The molecule has 0 aliphatic carbocycles. The lowest BCUT2D eigenvalue weighted by molar-refractivity contribution is -0.127. The predicted molar refractivity (Wildman–Crippen MR) is 117 cm³/mol. The van der Waals surface area contributed by atoms with Crippen LogP contribution in [-0.4, -0.2) is 54.1 Å². The average Bonchev–Trinajstić information content (AvgIpc) is 2.66. The highest BCUT2D eigenvalue weighted by molar-refractivity contribution is 5.88. The second-order valence-corrected chi connectivity index (χ2v) is 9.11. The number of ether oxygens (including phenoxy) is 1. The number of hydrogen-bond acceptors (Lipinski definition) is 3. The molecule has 1 aliphatic heterocycles. The summed E-state index contributed by atoms with van der Waals surface area (Å²) in [5.74, 6) is 0.509. The fraction of sp³-hybridized carbons (Fsp3) is 0.583. The highest BCUT2D eigenvalue weighted by Gasteiger charge is 2.26. The largest absolute Gasteiger partial charge is 0.444 e. The number of aryl methyl sites for hydroxylation is 1. The Morgan fingerprint density at radius 2 is 1.79 bits per heavy atom. The Morgan fingerprint density at radius 1 is 1.17 bits per heavy atom. The van der Waals surface area contributed by atoms with Gasteiger partial charge < -0.3 is 14.5 Å². The highest BCUT2D eigenvalue weighted by atomic mass is 16.6. The van der Waals surface area contributed by atoms with Gasteiger partial charge in [0, 0.05) is 32.8 Å². The van der Waals surface area contributed by atoms with Crippen molar-refractivity contribution < 1.29 is 14.3 Å². The monoisotopic (exact) mass is 400 g/mol. The maximum absolute atomic E-state index is 12.6. The van der Waals surface area contributed by atoms with E-state index in [1.165, 1.54) is 5.56 Å². The molecule has 2 amide bonds. The fourth-order valence-electron chi connectivity index (χ4n) is 3.50. The standard InChI is InChI=1S/C24H36N2O3/c1-19(11-12-20-9-7-6-8-10-20)17-22(27)26-15-13-21(14-16-26)18-25(5)23(28)29-24(2,3)4/h6-10,17,21H,11-16,18H2,1-5H3. The molecule has 0 bridgehead atoms. The Kier molecular flexibility index (Phi) is 8.30. The Labute approximate surface area is 175 Å². The first-order chi connectivity index (χ1) is 13.6. The van der Waals surface area contributed by atoms with Crippen molar-refractivity contribution in [3.8, 4) is 0 Å². The van der Waals surface area contributed by atoms with E-state index in [2.05, 4.69) is 12.1 Å². The third-order valence-corrected chi connectivity index (χ3v) is 5.18. The zero-order valence-corrected chi connectivity index (χ0v) is 18.6. The molecule has 0 radical (unpaired) electrons. The van der Waals surface area contributed by atoms with E-state index in [0.717, 1.165) is 44.3 Å². The lowest BCUT2D eigenvalue weighted by Gasteiger charge is -2.34. The molecule has 0 unspecified atom stereocenters. The summed E-state index contributed by atoms with van der Waals surface area (Å²) in [7, 11) is 1.78. The lowest BCUT2D eigenvalue weighted by atomic mass is 9.96. The highest BCUT2D eigenvalue weighted by Crippen LogP contribution is 2.20. The number of carbonyl (C=O) groups excluding carboxylic acids is 2. The summed E-state index contributed by atoms with van der Waals surface area (Å²) in [6.07, 6.45) is 5.18. The van der Waals surface area contributed by atoms with Gasteiger partial charge in [-0.2, -0.15) is 0 Å². The van der Waals surface area contributed by atoms with E-state index < -0.39 is 5.60 Å². The van der Waals surface area contributed by atoms with E-state index in [1.54, 1.807) is 18.0 Å². The van der Waals surface area contributed by atoms with E-state index in [4.69, 9.17) is 4.74 Å². The van der Waals surface area contributed by atoms with Gasteiger partial charge in [0.2, 0.25) is 5.91 Å². The van der Waals surface area contributed by atoms with Crippen molar-refractivity contribution in [2.24, 2.45) is 5.92 Å². The Morgan fingerprint density at radius 3 is 2.38 bits per heavy atom. The van der Waals surface area contributed by atoms with E-state index in [0.29, 0.717) is 12.5 Å². The SMILES string of the molecule is CC(=CC(=O)N1CCC(CN(C)C(=O)OC(C)(C)C)CC1)CCc1ccccc1. The molecule has 0 saturated carbocycles. The topological polar surface area (TPSA) is 49.9 Å². The van der Waals surface area contributed by atoms with Gasteiger partial charge in [-0.25, -0.2) is 4.79 Å². The number of piperidine rings is 1. The van der Waals surface area contributed by atoms with Gasteiger partial charge in [-0.15, -0.1) is 0 Å². The minimum absolute atomic E-state index is 0.106. The molecule has 0 aromatic heterocycles. The predicted octanol–water partition coefficient (Wildman–Crippen LogP) is 4.67. The van der Waals surface area contributed by atoms with Gasteiger partial charge in [-0.05, 0) is 64.9 Å². The second-order valence-electron chi connectivity index (χ2n) is 9.11. The van der Waals surface area contributed by atoms with E-state index >= 15 is 0 Å². The van der Waals surface area contributed by atoms with Crippen LogP contribution in [0.5, 0.6) is 0 Å². The van der Waals surface area contributed by atoms with E-state index in [-0.39, 0.29) is 12.0 Å². The number of rotatable bonds is 6. The molecular formula is C24H36N2O3. The first-order valence-electron chi connectivity index (χ1n) is 10.6. The summed E-state index contributed by atoms with van der Waals surface area (Å²) in [6, 6.07) is 10.3. The van der Waals surface area contributed by atoms with Crippen LogP contribution in [-0.2, 0) is 16.0 Å². The number of carbonyl (C=O) groups is 2. The maximum Gasteiger partial charge on any atom is 0.410 e. The zero-order chi connectivity index (χ0) is 21.4. The molecule has 0 atom stereocenters. The molecule has 1 aromatic rings. The van der Waals surface area contributed by atoms with Crippen LogP contribution in [0, 0.1) is 5.92 Å². The molecular weight excluding hydrogens is 364 g/mol. The average molecular weight is 401 g/mol. The van der Waals surface area contributed by atoms with Crippen molar-refractivity contribution >= 4 is 12.0 Å². The van der Waals surface area contributed by atoms with Crippen LogP contribution < -0.4 is 0 Å². The quantitative estimate of drug-likeness (QED) is 0.652. The van der Waals surface area contributed by atoms with Crippen molar-refractivity contribution in [1.29, 1.82) is 0 Å². The van der Waals surface area contributed by atoms with Gasteiger partial charge in [-0.1, -0.05) is 35.9 Å². The third kappa shape index (κ3) is 8.30. The van der Waals surface area contributed by atoms with Crippen LogP contribution in [0.3, 0.4) is 0 Å². The Bertz CT molecular complexity index is 699. The van der Waals surface area contributed by atoms with Crippen LogP contribution in [0.4, 0.5) is 4.79 Å². The van der Waals surface area contributed by atoms with Gasteiger partial charge >= 0.3 is 6.09 Å². The third-order valence-electron chi connectivity index (χ3n) is 5.18. The lowest BCUT2D eigenvalue weighted by Crippen LogP contribution is -2.42. The van der Waals surface area contributed by atoms with Crippen LogP contribution in [0.15, 0.2) is 42.0 Å². The fourth-order valence-corrected chi connectivity index (χ4v) is 3.50. The minimum atomic E-state index is -0.480. The molecule has 1 fully saturated rings. The number of hydrogen-bond donors (Lipinski definition) is 0. The first kappa shape index (κ1) is 23.0. The molecule has 1 aliphatic rings. The molecule has 5 nitrogen and oxygen atoms in total. The van der Waals surface area contributed by atoms with E-state index in [9.17, 15) is 9.59 Å². The first-order valence-corrected chi connectivity index (χ1v) is 10.6. The molecule has 2 rings (SSSR count). The summed E-state index contributed by atoms with van der Waals surface area (Å²) in [6.45, 7) is 9.81. The van der Waals surface area contributed by atoms with Crippen molar-refractivity contribution in [2.45, 2.75) is 59.0 Å². The molecule has 1 heterocycles.